The largest absolute Gasteiger partial charge is 0.228 e. The van der Waals surface area contributed by atoms with Gasteiger partial charge in [0.25, 0.3) is 0 Å². The van der Waals surface area contributed by atoms with E-state index in [2.05, 4.69) is 0 Å². The number of hydrogen-bond donors (Lipinski definition) is 0. The van der Waals surface area contributed by atoms with Gasteiger partial charge in [-0.1, -0.05) is 61.0 Å². The average molecular weight is 302 g/mol. The molecule has 0 aliphatic carbocycles. The Morgan fingerprint density at radius 2 is 1.67 bits per heavy atom. The number of sulfone groups is 1. The van der Waals surface area contributed by atoms with Crippen molar-refractivity contribution in [1.82, 2.24) is 0 Å². The maximum Gasteiger partial charge on any atom is 0.161 e. The van der Waals surface area contributed by atoms with Gasteiger partial charge in [-0.2, -0.15) is 0 Å². The van der Waals surface area contributed by atoms with E-state index < -0.39 is 15.1 Å². The summed E-state index contributed by atoms with van der Waals surface area (Å²) in [6.45, 7) is 5.89. The summed E-state index contributed by atoms with van der Waals surface area (Å²) in [6.07, 6.45) is 0.594. The maximum atomic E-state index is 12.8. The Morgan fingerprint density at radius 1 is 1.00 bits per heavy atom. The molecule has 0 aliphatic heterocycles. The lowest BCUT2D eigenvalue weighted by molar-refractivity contribution is 0.578. The van der Waals surface area contributed by atoms with Crippen LogP contribution in [0.5, 0.6) is 0 Å². The van der Waals surface area contributed by atoms with Crippen molar-refractivity contribution in [3.63, 3.8) is 0 Å². The van der Waals surface area contributed by atoms with Crippen molar-refractivity contribution in [2.45, 2.75) is 38.2 Å². The molecule has 0 unspecified atom stereocenters. The zero-order chi connectivity index (χ0) is 15.5. The van der Waals surface area contributed by atoms with Gasteiger partial charge in [0.1, 0.15) is 0 Å². The quantitative estimate of drug-likeness (QED) is 0.822. The average Bonchev–Trinajstić information content (AvgIpc) is 2.44. The normalized spacial score (nSPS) is 13.1. The van der Waals surface area contributed by atoms with Crippen molar-refractivity contribution in [3.05, 3.63) is 70.8 Å². The first-order valence-electron chi connectivity index (χ1n) is 7.26. The highest BCUT2D eigenvalue weighted by molar-refractivity contribution is 7.90. The second-order valence-electron chi connectivity index (χ2n) is 5.54. The summed E-state index contributed by atoms with van der Waals surface area (Å²) in [4.78, 5) is 0. The topological polar surface area (TPSA) is 34.1 Å². The Balaban J connectivity index is 2.35. The van der Waals surface area contributed by atoms with E-state index >= 15 is 0 Å². The summed E-state index contributed by atoms with van der Waals surface area (Å²) in [7, 11) is -3.22. The van der Waals surface area contributed by atoms with E-state index in [4.69, 9.17) is 0 Å². The van der Waals surface area contributed by atoms with Crippen LogP contribution in [0.15, 0.2) is 48.5 Å². The van der Waals surface area contributed by atoms with Crippen LogP contribution in [0.1, 0.15) is 40.8 Å². The van der Waals surface area contributed by atoms with Gasteiger partial charge in [-0.15, -0.1) is 0 Å². The van der Waals surface area contributed by atoms with Crippen LogP contribution in [-0.4, -0.2) is 8.42 Å². The minimum Gasteiger partial charge on any atom is -0.228 e. The van der Waals surface area contributed by atoms with Gasteiger partial charge in [-0.05, 0) is 37.0 Å². The van der Waals surface area contributed by atoms with Crippen molar-refractivity contribution >= 4 is 9.84 Å². The summed E-state index contributed by atoms with van der Waals surface area (Å²) < 4.78 is 25.6. The third-order valence-corrected chi connectivity index (χ3v) is 6.02. The lowest BCUT2D eigenvalue weighted by Gasteiger charge is -2.17. The Labute approximate surface area is 127 Å². The van der Waals surface area contributed by atoms with Crippen molar-refractivity contribution in [2.24, 2.45) is 0 Å². The molecule has 0 aromatic heterocycles. The summed E-state index contributed by atoms with van der Waals surface area (Å²) in [6, 6.07) is 15.5. The number of rotatable bonds is 5. The highest BCUT2D eigenvalue weighted by Gasteiger charge is 2.26. The molecular formula is C18H22O2S. The molecule has 2 nitrogen and oxygen atoms in total. The zero-order valence-electron chi connectivity index (χ0n) is 12.8. The fourth-order valence-electron chi connectivity index (χ4n) is 2.64. The van der Waals surface area contributed by atoms with Gasteiger partial charge >= 0.3 is 0 Å². The molecule has 0 N–H and O–H groups in total. The zero-order valence-corrected chi connectivity index (χ0v) is 13.7. The van der Waals surface area contributed by atoms with E-state index in [-0.39, 0.29) is 5.75 Å². The molecule has 2 aromatic carbocycles. The van der Waals surface area contributed by atoms with Gasteiger partial charge in [-0.3, -0.25) is 0 Å². The fraction of sp³-hybridized carbons (Fsp3) is 0.333. The van der Waals surface area contributed by atoms with E-state index in [9.17, 15) is 8.42 Å². The van der Waals surface area contributed by atoms with Crippen LogP contribution in [0.4, 0.5) is 0 Å². The highest BCUT2D eigenvalue weighted by atomic mass is 32.2. The van der Waals surface area contributed by atoms with Crippen molar-refractivity contribution in [2.75, 3.05) is 0 Å². The summed E-state index contributed by atoms with van der Waals surface area (Å²) in [5.74, 6) is 0.105. The molecule has 0 aliphatic rings. The number of benzene rings is 2. The minimum absolute atomic E-state index is 0.105. The Kier molecular flexibility index (Phi) is 4.84. The van der Waals surface area contributed by atoms with Crippen LogP contribution in [0.3, 0.4) is 0 Å². The van der Waals surface area contributed by atoms with E-state index in [1.165, 1.54) is 0 Å². The van der Waals surface area contributed by atoms with Crippen LogP contribution in [0.2, 0.25) is 0 Å². The van der Waals surface area contributed by atoms with Crippen LogP contribution in [0.25, 0.3) is 0 Å². The van der Waals surface area contributed by atoms with Crippen LogP contribution >= 0.6 is 0 Å². The molecule has 0 saturated carbocycles. The first kappa shape index (κ1) is 15.8. The molecular weight excluding hydrogens is 280 g/mol. The first-order chi connectivity index (χ1) is 9.94. The van der Waals surface area contributed by atoms with Crippen molar-refractivity contribution in [1.29, 1.82) is 0 Å². The molecule has 112 valence electrons. The predicted octanol–water partition coefficient (Wildman–Crippen LogP) is 4.37. The van der Waals surface area contributed by atoms with Gasteiger partial charge in [0.05, 0.1) is 11.0 Å². The van der Waals surface area contributed by atoms with E-state index in [1.807, 2.05) is 69.3 Å². The van der Waals surface area contributed by atoms with Crippen molar-refractivity contribution in [3.8, 4) is 0 Å². The SMILES string of the molecule is CC[C@H](c1ccccc1)S(=O)(=O)Cc1cc(C)ccc1C. The smallest absolute Gasteiger partial charge is 0.161 e. The maximum absolute atomic E-state index is 12.8. The third kappa shape index (κ3) is 3.73. The summed E-state index contributed by atoms with van der Waals surface area (Å²) >= 11 is 0. The van der Waals surface area contributed by atoms with Crippen LogP contribution in [0, 0.1) is 13.8 Å². The number of aryl methyl sites for hydroxylation is 2. The molecule has 0 spiro atoms. The van der Waals surface area contributed by atoms with Gasteiger partial charge in [0, 0.05) is 0 Å². The molecule has 1 atom stereocenters. The summed E-state index contributed by atoms with van der Waals surface area (Å²) in [5.41, 5.74) is 3.92. The molecule has 0 saturated heterocycles. The molecule has 0 radical (unpaired) electrons. The fourth-order valence-corrected chi connectivity index (χ4v) is 4.66. The van der Waals surface area contributed by atoms with Gasteiger partial charge in [-0.25, -0.2) is 8.42 Å². The predicted molar refractivity (Wildman–Crippen MR) is 88.0 cm³/mol. The molecule has 0 heterocycles. The number of hydrogen-bond acceptors (Lipinski definition) is 2. The molecule has 21 heavy (non-hydrogen) atoms. The molecule has 0 amide bonds. The van der Waals surface area contributed by atoms with E-state index in [0.717, 1.165) is 22.3 Å². The first-order valence-corrected chi connectivity index (χ1v) is 8.98. The van der Waals surface area contributed by atoms with Gasteiger partial charge < -0.3 is 0 Å². The Bertz CT molecular complexity index is 703. The molecule has 0 bridgehead atoms. The Hall–Kier alpha value is -1.61. The van der Waals surface area contributed by atoms with Gasteiger partial charge in [0.15, 0.2) is 9.84 Å². The second-order valence-corrected chi connectivity index (χ2v) is 7.73. The molecule has 3 heteroatoms. The minimum atomic E-state index is -3.22. The second kappa shape index (κ2) is 6.44. The Morgan fingerprint density at radius 3 is 2.29 bits per heavy atom. The van der Waals surface area contributed by atoms with E-state index in [0.29, 0.717) is 6.42 Å². The lowest BCUT2D eigenvalue weighted by atomic mass is 10.1. The van der Waals surface area contributed by atoms with E-state index in [1.54, 1.807) is 0 Å². The lowest BCUT2D eigenvalue weighted by Crippen LogP contribution is -2.15. The standard InChI is InChI=1S/C18H22O2S/c1-4-18(16-8-6-5-7-9-16)21(19,20)13-17-12-14(2)10-11-15(17)3/h5-12,18H,4,13H2,1-3H3/t18-/m1/s1. The van der Waals surface area contributed by atoms with Crippen LogP contribution in [-0.2, 0) is 15.6 Å². The van der Waals surface area contributed by atoms with Crippen LogP contribution < -0.4 is 0 Å². The monoisotopic (exact) mass is 302 g/mol. The van der Waals surface area contributed by atoms with Crippen molar-refractivity contribution < 1.29 is 8.42 Å². The molecule has 0 fully saturated rings. The third-order valence-electron chi connectivity index (χ3n) is 3.84. The van der Waals surface area contributed by atoms with Gasteiger partial charge in [0.2, 0.25) is 0 Å². The highest BCUT2D eigenvalue weighted by Crippen LogP contribution is 2.29. The molecule has 2 aromatic rings. The summed E-state index contributed by atoms with van der Waals surface area (Å²) in [5, 5.41) is -0.432. The molecule has 2 rings (SSSR count).